The SMILES string of the molecule is [2H]C([2H])([2H])N1C(=C(C)C)N(c2[c-]c(Oc3[c-]c4c(cc3)c3ccccc3n4-c3cc(C(C)(C)C)ccn3)ccc2)C(C)(C)C1(C)C.[Pt+2]. The van der Waals surface area contributed by atoms with Crippen molar-refractivity contribution in [2.45, 2.75) is 78.8 Å². The molecule has 0 amide bonds. The van der Waals surface area contributed by atoms with Crippen molar-refractivity contribution >= 4 is 27.5 Å². The second kappa shape index (κ2) is 11.1. The molecule has 1 aliphatic rings. The summed E-state index contributed by atoms with van der Waals surface area (Å²) in [5.41, 5.74) is 3.44. The van der Waals surface area contributed by atoms with Crippen molar-refractivity contribution in [2.75, 3.05) is 11.9 Å². The summed E-state index contributed by atoms with van der Waals surface area (Å²) in [6.45, 7) is 16.3. The fourth-order valence-electron chi connectivity index (χ4n) is 5.96. The molecular formula is C38H42N4OPt. The molecule has 0 unspecified atom stereocenters. The van der Waals surface area contributed by atoms with Crippen molar-refractivity contribution in [1.29, 1.82) is 0 Å². The van der Waals surface area contributed by atoms with Gasteiger partial charge in [0, 0.05) is 34.3 Å². The third-order valence-corrected chi connectivity index (χ3v) is 9.10. The molecule has 5 aromatic rings. The van der Waals surface area contributed by atoms with E-state index < -0.39 is 18.1 Å². The Kier molecular flexibility index (Phi) is 7.05. The van der Waals surface area contributed by atoms with E-state index in [1.54, 1.807) is 4.90 Å². The van der Waals surface area contributed by atoms with Crippen molar-refractivity contribution in [3.8, 4) is 17.3 Å². The van der Waals surface area contributed by atoms with Gasteiger partial charge >= 0.3 is 21.1 Å². The Morgan fingerprint density at radius 2 is 1.59 bits per heavy atom. The van der Waals surface area contributed by atoms with E-state index in [2.05, 4.69) is 86.6 Å². The predicted molar refractivity (Wildman–Crippen MR) is 178 cm³/mol. The molecule has 0 radical (unpaired) electrons. The molecule has 1 aliphatic heterocycles. The molecule has 2 aromatic heterocycles. The van der Waals surface area contributed by atoms with Crippen LogP contribution in [0.15, 0.2) is 84.3 Å². The van der Waals surface area contributed by atoms with Crippen molar-refractivity contribution in [3.05, 3.63) is 102 Å². The quantitative estimate of drug-likeness (QED) is 0.171. The number of hydrogen-bond acceptors (Lipinski definition) is 4. The Morgan fingerprint density at radius 1 is 0.864 bits per heavy atom. The van der Waals surface area contributed by atoms with Gasteiger partial charge in [0.1, 0.15) is 11.6 Å². The first-order valence-corrected chi connectivity index (χ1v) is 14.8. The number of para-hydroxylation sites is 1. The molecule has 3 aromatic carbocycles. The molecule has 1 fully saturated rings. The monoisotopic (exact) mass is 768 g/mol. The van der Waals surface area contributed by atoms with E-state index in [4.69, 9.17) is 13.8 Å². The van der Waals surface area contributed by atoms with Crippen LogP contribution in [0.4, 0.5) is 5.69 Å². The smallest absolute Gasteiger partial charge is 0.509 e. The molecule has 0 N–H and O–H groups in total. The Hall–Kier alpha value is -3.56. The number of allylic oxidation sites excluding steroid dienone is 1. The maximum Gasteiger partial charge on any atom is 2.00 e. The molecule has 0 saturated carbocycles. The van der Waals surface area contributed by atoms with Gasteiger partial charge in [-0.25, -0.2) is 4.98 Å². The number of aromatic nitrogens is 2. The van der Waals surface area contributed by atoms with E-state index in [1.807, 2.05) is 70.3 Å². The molecule has 5 nitrogen and oxygen atoms in total. The fourth-order valence-corrected chi connectivity index (χ4v) is 5.96. The standard InChI is InChI=1S/C38H42N4O.Pt/c1-25(2)35-40(10)37(6,7)38(8,9)42(35)27-14-13-15-28(23-27)43-29-18-19-31-30-16-11-12-17-32(30)41(33(31)24-29)34-22-26(20-21-39-34)36(3,4)5;/h11-22H,1-10H3;/q-2;+2/i10D3;. The van der Waals surface area contributed by atoms with Crippen LogP contribution in [0.25, 0.3) is 27.6 Å². The maximum atomic E-state index is 8.41. The van der Waals surface area contributed by atoms with Crippen molar-refractivity contribution < 1.29 is 29.9 Å². The number of fused-ring (bicyclic) bond motifs is 3. The van der Waals surface area contributed by atoms with Gasteiger partial charge in [-0.2, -0.15) is 12.1 Å². The topological polar surface area (TPSA) is 33.5 Å². The summed E-state index contributed by atoms with van der Waals surface area (Å²) < 4.78 is 33.8. The van der Waals surface area contributed by atoms with E-state index in [0.29, 0.717) is 17.3 Å². The zero-order valence-corrected chi connectivity index (χ0v) is 29.2. The van der Waals surface area contributed by atoms with Gasteiger partial charge in [-0.3, -0.25) is 0 Å². The minimum absolute atomic E-state index is 0. The summed E-state index contributed by atoms with van der Waals surface area (Å²) in [6, 6.07) is 29.3. The average molecular weight is 769 g/mol. The van der Waals surface area contributed by atoms with Gasteiger partial charge in [-0.15, -0.1) is 35.7 Å². The van der Waals surface area contributed by atoms with Crippen LogP contribution < -0.4 is 9.64 Å². The van der Waals surface area contributed by atoms with Gasteiger partial charge < -0.3 is 19.1 Å². The summed E-state index contributed by atoms with van der Waals surface area (Å²) in [5, 5.41) is 2.17. The third-order valence-electron chi connectivity index (χ3n) is 9.10. The van der Waals surface area contributed by atoms with Crippen LogP contribution in [0, 0.1) is 12.1 Å². The maximum absolute atomic E-state index is 8.41. The summed E-state index contributed by atoms with van der Waals surface area (Å²) >= 11 is 0. The molecule has 230 valence electrons. The number of likely N-dealkylation sites (N-methyl/N-ethyl adjacent to an activating group) is 1. The molecule has 0 atom stereocenters. The van der Waals surface area contributed by atoms with Crippen molar-refractivity contribution in [3.63, 3.8) is 0 Å². The molecule has 1 saturated heterocycles. The summed E-state index contributed by atoms with van der Waals surface area (Å²) in [4.78, 5) is 8.43. The van der Waals surface area contributed by atoms with Crippen molar-refractivity contribution in [2.24, 2.45) is 0 Å². The van der Waals surface area contributed by atoms with E-state index in [0.717, 1.165) is 38.9 Å². The number of hydrogen-bond donors (Lipinski definition) is 0. The second-order valence-electron chi connectivity index (χ2n) is 13.7. The number of anilines is 1. The van der Waals surface area contributed by atoms with Gasteiger partial charge in [-0.05, 0) is 81.7 Å². The zero-order valence-electron chi connectivity index (χ0n) is 29.9. The number of nitrogens with zero attached hydrogens (tertiary/aromatic N) is 4. The number of benzene rings is 3. The van der Waals surface area contributed by atoms with E-state index >= 15 is 0 Å². The van der Waals surface area contributed by atoms with Crippen LogP contribution in [-0.4, -0.2) is 32.5 Å². The molecular weight excluding hydrogens is 724 g/mol. The van der Waals surface area contributed by atoms with Crippen LogP contribution in [0.1, 0.15) is 72.0 Å². The first-order valence-electron chi connectivity index (χ1n) is 16.3. The Bertz CT molecular complexity index is 2000. The first-order chi connectivity index (χ1) is 21.4. The normalized spacial score (nSPS) is 17.3. The third kappa shape index (κ3) is 5.04. The number of pyridine rings is 1. The fraction of sp³-hybridized carbons (Fsp3) is 0.342. The molecule has 3 heterocycles. The van der Waals surface area contributed by atoms with Gasteiger partial charge in [0.15, 0.2) is 0 Å². The van der Waals surface area contributed by atoms with Crippen LogP contribution in [-0.2, 0) is 26.5 Å². The average Bonchev–Trinajstić information content (AvgIpc) is 3.38. The summed E-state index contributed by atoms with van der Waals surface area (Å²) in [7, 11) is 0. The Morgan fingerprint density at radius 3 is 2.30 bits per heavy atom. The molecule has 6 heteroatoms. The van der Waals surface area contributed by atoms with Gasteiger partial charge in [-0.1, -0.05) is 50.2 Å². The Balaban J connectivity index is 0.00000433. The summed E-state index contributed by atoms with van der Waals surface area (Å²) in [5.74, 6) is 2.54. The van der Waals surface area contributed by atoms with Crippen molar-refractivity contribution in [1.82, 2.24) is 14.5 Å². The second-order valence-corrected chi connectivity index (χ2v) is 13.7. The molecule has 0 aliphatic carbocycles. The van der Waals surface area contributed by atoms with E-state index in [-0.39, 0.29) is 26.5 Å². The number of ether oxygens (including phenoxy) is 1. The first kappa shape index (κ1) is 27.9. The van der Waals surface area contributed by atoms with E-state index in [9.17, 15) is 0 Å². The minimum atomic E-state index is -2.32. The van der Waals surface area contributed by atoms with Crippen LogP contribution in [0.3, 0.4) is 0 Å². The molecule has 0 bridgehead atoms. The van der Waals surface area contributed by atoms with Crippen LogP contribution in [0.2, 0.25) is 0 Å². The van der Waals surface area contributed by atoms with Crippen LogP contribution in [0.5, 0.6) is 11.5 Å². The molecule has 6 rings (SSSR count). The summed E-state index contributed by atoms with van der Waals surface area (Å²) in [6.07, 6.45) is 1.87. The molecule has 0 spiro atoms. The van der Waals surface area contributed by atoms with Gasteiger partial charge in [0.05, 0.1) is 11.1 Å². The zero-order chi connectivity index (χ0) is 33.4. The predicted octanol–water partition coefficient (Wildman–Crippen LogP) is 9.43. The largest absolute Gasteiger partial charge is 2.00 e. The Labute approximate surface area is 281 Å². The molecule has 44 heavy (non-hydrogen) atoms. The van der Waals surface area contributed by atoms with Gasteiger partial charge in [0.25, 0.3) is 0 Å². The minimum Gasteiger partial charge on any atom is -0.509 e. The van der Waals surface area contributed by atoms with Gasteiger partial charge in [0.2, 0.25) is 0 Å². The number of rotatable bonds is 4. The van der Waals surface area contributed by atoms with Crippen LogP contribution >= 0.6 is 0 Å². The van der Waals surface area contributed by atoms with E-state index in [1.165, 1.54) is 5.56 Å².